The van der Waals surface area contributed by atoms with Crippen molar-refractivity contribution >= 4 is 11.9 Å². The molecule has 0 saturated heterocycles. The van der Waals surface area contributed by atoms with E-state index in [0.717, 1.165) is 0 Å². The average Bonchev–Trinajstić information content (AvgIpc) is 2.46. The largest absolute Gasteiger partial charge is 0.508 e. The van der Waals surface area contributed by atoms with Crippen molar-refractivity contribution in [3.63, 3.8) is 0 Å². The Bertz CT molecular complexity index is 692. The van der Waals surface area contributed by atoms with Crippen molar-refractivity contribution in [2.45, 2.75) is 0 Å². The lowest BCUT2D eigenvalue weighted by molar-refractivity contribution is 0.0582. The second-order valence-electron chi connectivity index (χ2n) is 4.10. The summed E-state index contributed by atoms with van der Waals surface area (Å²) >= 11 is 0. The van der Waals surface area contributed by atoms with Crippen LogP contribution in [0.3, 0.4) is 0 Å². The molecule has 6 nitrogen and oxygen atoms in total. The summed E-state index contributed by atoms with van der Waals surface area (Å²) in [5, 5.41) is 18.5. The minimum absolute atomic E-state index is 0.0251. The molecule has 0 aliphatic heterocycles. The number of phenols is 1. The van der Waals surface area contributed by atoms with E-state index < -0.39 is 11.9 Å². The fraction of sp³-hybridized carbons (Fsp3) is 0.0667. The number of hydrogen-bond donors (Lipinski definition) is 2. The van der Waals surface area contributed by atoms with Gasteiger partial charge in [0.2, 0.25) is 0 Å². The lowest BCUT2D eigenvalue weighted by Gasteiger charge is -2.09. The Morgan fingerprint density at radius 1 is 1.00 bits per heavy atom. The number of carbonyl (C=O) groups is 2. The van der Waals surface area contributed by atoms with Crippen LogP contribution in [0.4, 0.5) is 0 Å². The summed E-state index contributed by atoms with van der Waals surface area (Å²) in [4.78, 5) is 22.7. The van der Waals surface area contributed by atoms with Crippen LogP contribution in [-0.4, -0.2) is 29.3 Å². The lowest BCUT2D eigenvalue weighted by atomic mass is 10.1. The molecule has 0 spiro atoms. The number of hydrogen-bond acceptors (Lipinski definition) is 5. The quantitative estimate of drug-likeness (QED) is 0.840. The van der Waals surface area contributed by atoms with Crippen LogP contribution in [0.25, 0.3) is 0 Å². The Labute approximate surface area is 120 Å². The molecule has 0 atom stereocenters. The number of carboxylic acids is 1. The molecule has 0 unspecified atom stereocenters. The molecule has 0 aliphatic carbocycles. The van der Waals surface area contributed by atoms with E-state index in [-0.39, 0.29) is 22.6 Å². The van der Waals surface area contributed by atoms with Gasteiger partial charge >= 0.3 is 11.9 Å². The van der Waals surface area contributed by atoms with Gasteiger partial charge in [-0.3, -0.25) is 0 Å². The highest BCUT2D eigenvalue weighted by Gasteiger charge is 2.18. The molecule has 2 N–H and O–H groups in total. The van der Waals surface area contributed by atoms with Crippen molar-refractivity contribution < 1.29 is 29.3 Å². The molecule has 2 aromatic carbocycles. The fourth-order valence-corrected chi connectivity index (χ4v) is 1.73. The van der Waals surface area contributed by atoms with Gasteiger partial charge in [-0.2, -0.15) is 0 Å². The summed E-state index contributed by atoms with van der Waals surface area (Å²) in [5.41, 5.74) is -0.284. The third-order valence-corrected chi connectivity index (χ3v) is 2.68. The minimum Gasteiger partial charge on any atom is -0.508 e. The summed E-state index contributed by atoms with van der Waals surface area (Å²) in [5.74, 6) is -1.41. The first-order valence-corrected chi connectivity index (χ1v) is 5.94. The van der Waals surface area contributed by atoms with Gasteiger partial charge in [0.1, 0.15) is 17.2 Å². The van der Waals surface area contributed by atoms with Gasteiger partial charge in [-0.05, 0) is 30.3 Å². The molecule has 0 heterocycles. The van der Waals surface area contributed by atoms with E-state index >= 15 is 0 Å². The molecule has 0 aromatic heterocycles. The molecule has 0 aliphatic rings. The van der Waals surface area contributed by atoms with Gasteiger partial charge in [0.25, 0.3) is 0 Å². The summed E-state index contributed by atoms with van der Waals surface area (Å²) in [6.45, 7) is 0. The Morgan fingerprint density at radius 3 is 2.33 bits per heavy atom. The summed E-state index contributed by atoms with van der Waals surface area (Å²) in [6.07, 6.45) is 0. The van der Waals surface area contributed by atoms with Crippen LogP contribution in [0.1, 0.15) is 20.7 Å². The zero-order valence-electron chi connectivity index (χ0n) is 11.1. The first-order chi connectivity index (χ1) is 10.0. The molecule has 6 heteroatoms. The van der Waals surface area contributed by atoms with Gasteiger partial charge in [-0.25, -0.2) is 9.59 Å². The van der Waals surface area contributed by atoms with E-state index in [9.17, 15) is 14.7 Å². The predicted octanol–water partition coefficient (Wildman–Crippen LogP) is 2.67. The number of aromatic hydroxyl groups is 1. The molecule has 108 valence electrons. The third-order valence-electron chi connectivity index (χ3n) is 2.68. The molecule has 0 bridgehead atoms. The molecule has 0 radical (unpaired) electrons. The van der Waals surface area contributed by atoms with Gasteiger partial charge in [0, 0.05) is 6.07 Å². The van der Waals surface area contributed by atoms with Crippen LogP contribution in [0.2, 0.25) is 0 Å². The third kappa shape index (κ3) is 3.30. The second-order valence-corrected chi connectivity index (χ2v) is 4.10. The van der Waals surface area contributed by atoms with Gasteiger partial charge < -0.3 is 19.7 Å². The number of benzene rings is 2. The van der Waals surface area contributed by atoms with E-state index in [0.29, 0.717) is 5.75 Å². The first-order valence-electron chi connectivity index (χ1n) is 5.94. The smallest absolute Gasteiger partial charge is 0.338 e. The topological polar surface area (TPSA) is 93.1 Å². The van der Waals surface area contributed by atoms with Gasteiger partial charge in [-0.1, -0.05) is 6.07 Å². The number of methoxy groups -OCH3 is 1. The number of esters is 1. The van der Waals surface area contributed by atoms with Crippen molar-refractivity contribution in [1.82, 2.24) is 0 Å². The number of aromatic carboxylic acids is 1. The average molecular weight is 288 g/mol. The monoisotopic (exact) mass is 288 g/mol. The van der Waals surface area contributed by atoms with Crippen LogP contribution in [0.15, 0.2) is 42.5 Å². The van der Waals surface area contributed by atoms with E-state index in [2.05, 4.69) is 4.74 Å². The number of carboxylic acid groups (broad SMARTS) is 1. The maximum absolute atomic E-state index is 11.5. The fourth-order valence-electron chi connectivity index (χ4n) is 1.73. The van der Waals surface area contributed by atoms with E-state index in [1.807, 2.05) is 0 Å². The maximum Gasteiger partial charge on any atom is 0.338 e. The highest BCUT2D eigenvalue weighted by Crippen LogP contribution is 2.26. The maximum atomic E-state index is 11.5. The Morgan fingerprint density at radius 2 is 1.71 bits per heavy atom. The van der Waals surface area contributed by atoms with E-state index in [1.54, 1.807) is 12.1 Å². The minimum atomic E-state index is -1.27. The number of carbonyl (C=O) groups excluding carboxylic acids is 1. The predicted molar refractivity (Wildman–Crippen MR) is 72.9 cm³/mol. The molecule has 0 fully saturated rings. The normalized spacial score (nSPS) is 9.95. The standard InChI is InChI=1S/C15H12O6/c1-20-15(19)12-6-5-11(8-13(12)14(17)18)21-10-4-2-3-9(16)7-10/h2-8,16H,1H3,(H,17,18). The molecular weight excluding hydrogens is 276 g/mol. The van der Waals surface area contributed by atoms with Crippen molar-refractivity contribution in [3.8, 4) is 17.2 Å². The molecule has 2 aromatic rings. The molecule has 21 heavy (non-hydrogen) atoms. The SMILES string of the molecule is COC(=O)c1ccc(Oc2cccc(O)c2)cc1C(=O)O. The van der Waals surface area contributed by atoms with E-state index in [4.69, 9.17) is 9.84 Å². The number of phenolic OH excluding ortho intramolecular Hbond substituents is 1. The van der Waals surface area contributed by atoms with Crippen molar-refractivity contribution in [1.29, 1.82) is 0 Å². The van der Waals surface area contributed by atoms with Crippen LogP contribution in [0.5, 0.6) is 17.2 Å². The summed E-state index contributed by atoms with van der Waals surface area (Å²) < 4.78 is 9.97. The van der Waals surface area contributed by atoms with Crippen LogP contribution < -0.4 is 4.74 Å². The van der Waals surface area contributed by atoms with Crippen LogP contribution in [-0.2, 0) is 4.74 Å². The molecular formula is C15H12O6. The zero-order valence-corrected chi connectivity index (χ0v) is 11.1. The number of ether oxygens (including phenoxy) is 2. The molecule has 0 saturated carbocycles. The summed E-state index contributed by atoms with van der Waals surface area (Å²) in [7, 11) is 1.17. The first kappa shape index (κ1) is 14.4. The van der Waals surface area contributed by atoms with Gasteiger partial charge in [0.15, 0.2) is 0 Å². The van der Waals surface area contributed by atoms with Crippen molar-refractivity contribution in [3.05, 3.63) is 53.6 Å². The van der Waals surface area contributed by atoms with Crippen LogP contribution in [0, 0.1) is 0 Å². The molecule has 2 rings (SSSR count). The highest BCUT2D eigenvalue weighted by atomic mass is 16.5. The summed E-state index contributed by atoms with van der Waals surface area (Å²) in [6, 6.07) is 10.0. The number of rotatable bonds is 4. The second kappa shape index (κ2) is 5.96. The Balaban J connectivity index is 2.36. The lowest BCUT2D eigenvalue weighted by Crippen LogP contribution is -2.10. The van der Waals surface area contributed by atoms with Crippen molar-refractivity contribution in [2.24, 2.45) is 0 Å². The highest BCUT2D eigenvalue weighted by molar-refractivity contribution is 6.02. The van der Waals surface area contributed by atoms with Gasteiger partial charge in [0.05, 0.1) is 18.2 Å². The van der Waals surface area contributed by atoms with Crippen molar-refractivity contribution in [2.75, 3.05) is 7.11 Å². The molecule has 0 amide bonds. The zero-order chi connectivity index (χ0) is 15.4. The van der Waals surface area contributed by atoms with E-state index in [1.165, 1.54) is 37.4 Å². The Hall–Kier alpha value is -3.02. The van der Waals surface area contributed by atoms with Crippen LogP contribution >= 0.6 is 0 Å². The Kier molecular flexibility index (Phi) is 4.08. The van der Waals surface area contributed by atoms with Gasteiger partial charge in [-0.15, -0.1) is 0 Å².